The molecule has 0 saturated heterocycles. The topological polar surface area (TPSA) is 40.5 Å². The summed E-state index contributed by atoms with van der Waals surface area (Å²) in [6.45, 7) is 0.472. The molecule has 2 atom stereocenters. The van der Waals surface area contributed by atoms with Gasteiger partial charge in [0.1, 0.15) is 11.6 Å². The number of hydrogen-bond acceptors (Lipinski definition) is 2. The van der Waals surface area contributed by atoms with Crippen LogP contribution in [0, 0.1) is 23.5 Å². The molecule has 1 saturated carbocycles. The molecule has 0 aromatic heterocycles. The van der Waals surface area contributed by atoms with Gasteiger partial charge < -0.3 is 10.0 Å². The molecule has 0 radical (unpaired) electrons. The van der Waals surface area contributed by atoms with Crippen molar-refractivity contribution in [1.29, 1.82) is 0 Å². The molecule has 1 aromatic rings. The van der Waals surface area contributed by atoms with Crippen LogP contribution in [0.5, 0.6) is 0 Å². The van der Waals surface area contributed by atoms with Gasteiger partial charge in [-0.15, -0.1) is 0 Å². The van der Waals surface area contributed by atoms with Gasteiger partial charge in [-0.05, 0) is 24.5 Å². The summed E-state index contributed by atoms with van der Waals surface area (Å²) < 4.78 is 26.1. The Morgan fingerprint density at radius 2 is 2.24 bits per heavy atom. The van der Waals surface area contributed by atoms with Crippen LogP contribution in [0.15, 0.2) is 18.2 Å². The predicted molar refractivity (Wildman–Crippen MR) is 58.9 cm³/mol. The van der Waals surface area contributed by atoms with Gasteiger partial charge in [0.05, 0.1) is 11.6 Å². The lowest BCUT2D eigenvalue weighted by Gasteiger charge is -2.19. The molecule has 1 aromatic carbocycles. The fourth-order valence-electron chi connectivity index (χ4n) is 1.99. The SMILES string of the molecule is CN(CC1CC1C(=O)O)c1ccc(F)cc1F. The first-order chi connectivity index (χ1) is 7.99. The zero-order valence-electron chi connectivity index (χ0n) is 9.36. The second-order valence-corrected chi connectivity index (χ2v) is 4.42. The molecule has 0 aliphatic heterocycles. The van der Waals surface area contributed by atoms with Gasteiger partial charge in [-0.2, -0.15) is 0 Å². The average molecular weight is 241 g/mol. The first-order valence-electron chi connectivity index (χ1n) is 5.38. The first-order valence-corrected chi connectivity index (χ1v) is 5.38. The highest BCUT2D eigenvalue weighted by Gasteiger charge is 2.43. The molecule has 2 unspecified atom stereocenters. The molecule has 17 heavy (non-hydrogen) atoms. The van der Waals surface area contributed by atoms with E-state index in [1.165, 1.54) is 12.1 Å². The van der Waals surface area contributed by atoms with E-state index in [2.05, 4.69) is 0 Å². The molecule has 1 aliphatic rings. The Balaban J connectivity index is 2.01. The Morgan fingerprint density at radius 1 is 1.53 bits per heavy atom. The molecular weight excluding hydrogens is 228 g/mol. The van der Waals surface area contributed by atoms with Crippen LogP contribution in [0.2, 0.25) is 0 Å². The van der Waals surface area contributed by atoms with Crippen LogP contribution >= 0.6 is 0 Å². The summed E-state index contributed by atoms with van der Waals surface area (Å²) in [4.78, 5) is 12.3. The molecule has 1 N–H and O–H groups in total. The molecule has 2 rings (SSSR count). The highest BCUT2D eigenvalue weighted by molar-refractivity contribution is 5.73. The van der Waals surface area contributed by atoms with E-state index in [-0.39, 0.29) is 11.8 Å². The molecule has 1 fully saturated rings. The van der Waals surface area contributed by atoms with Crippen molar-refractivity contribution in [3.63, 3.8) is 0 Å². The van der Waals surface area contributed by atoms with Gasteiger partial charge in [0.2, 0.25) is 0 Å². The summed E-state index contributed by atoms with van der Waals surface area (Å²) in [5.74, 6) is -2.31. The maximum Gasteiger partial charge on any atom is 0.306 e. The van der Waals surface area contributed by atoms with Crippen molar-refractivity contribution in [2.75, 3.05) is 18.5 Å². The minimum atomic E-state index is -0.803. The van der Waals surface area contributed by atoms with Crippen molar-refractivity contribution in [2.45, 2.75) is 6.42 Å². The van der Waals surface area contributed by atoms with Crippen LogP contribution in [0.4, 0.5) is 14.5 Å². The lowest BCUT2D eigenvalue weighted by Crippen LogP contribution is -2.22. The van der Waals surface area contributed by atoms with E-state index < -0.39 is 17.6 Å². The number of nitrogens with zero attached hydrogens (tertiary/aromatic N) is 1. The molecular formula is C12H13F2NO2. The largest absolute Gasteiger partial charge is 0.481 e. The monoisotopic (exact) mass is 241 g/mol. The van der Waals surface area contributed by atoms with Gasteiger partial charge in [0.15, 0.2) is 0 Å². The minimum absolute atomic E-state index is 0.0574. The van der Waals surface area contributed by atoms with E-state index in [0.29, 0.717) is 18.7 Å². The zero-order valence-corrected chi connectivity index (χ0v) is 9.36. The van der Waals surface area contributed by atoms with Gasteiger partial charge in [0, 0.05) is 19.7 Å². The Morgan fingerprint density at radius 3 is 2.76 bits per heavy atom. The number of aliphatic carboxylic acids is 1. The van der Waals surface area contributed by atoms with E-state index in [4.69, 9.17) is 5.11 Å². The number of carboxylic acid groups (broad SMARTS) is 1. The van der Waals surface area contributed by atoms with E-state index >= 15 is 0 Å². The van der Waals surface area contributed by atoms with Crippen LogP contribution in [0.3, 0.4) is 0 Å². The number of hydrogen-bond donors (Lipinski definition) is 1. The van der Waals surface area contributed by atoms with Crippen LogP contribution in [-0.2, 0) is 4.79 Å². The van der Waals surface area contributed by atoms with Gasteiger partial charge >= 0.3 is 5.97 Å². The summed E-state index contributed by atoms with van der Waals surface area (Å²) in [6.07, 6.45) is 0.627. The first kappa shape index (κ1) is 11.8. The van der Waals surface area contributed by atoms with Gasteiger partial charge in [-0.1, -0.05) is 0 Å². The van der Waals surface area contributed by atoms with Crippen LogP contribution in [0.25, 0.3) is 0 Å². The summed E-state index contributed by atoms with van der Waals surface area (Å²) in [7, 11) is 1.67. The van der Waals surface area contributed by atoms with Crippen LogP contribution in [-0.4, -0.2) is 24.7 Å². The van der Waals surface area contributed by atoms with Crippen molar-refractivity contribution in [3.8, 4) is 0 Å². The summed E-state index contributed by atoms with van der Waals surface area (Å²) in [5, 5.41) is 8.76. The zero-order chi connectivity index (χ0) is 12.6. The number of rotatable bonds is 4. The molecule has 0 bridgehead atoms. The summed E-state index contributed by atoms with van der Waals surface area (Å²) >= 11 is 0. The van der Waals surface area contributed by atoms with Crippen molar-refractivity contribution in [2.24, 2.45) is 11.8 Å². The fraction of sp³-hybridized carbons (Fsp3) is 0.417. The lowest BCUT2D eigenvalue weighted by molar-refractivity contribution is -0.138. The Hall–Kier alpha value is -1.65. The number of carbonyl (C=O) groups is 1. The highest BCUT2D eigenvalue weighted by atomic mass is 19.1. The Kier molecular flexibility index (Phi) is 3.00. The maximum absolute atomic E-state index is 13.4. The maximum atomic E-state index is 13.4. The molecule has 92 valence electrons. The number of halogens is 2. The molecule has 5 heteroatoms. The van der Waals surface area contributed by atoms with Crippen LogP contribution in [0.1, 0.15) is 6.42 Å². The van der Waals surface area contributed by atoms with E-state index in [0.717, 1.165) is 6.07 Å². The van der Waals surface area contributed by atoms with Gasteiger partial charge in [-0.25, -0.2) is 8.78 Å². The fourth-order valence-corrected chi connectivity index (χ4v) is 1.99. The smallest absolute Gasteiger partial charge is 0.306 e. The van der Waals surface area contributed by atoms with E-state index in [9.17, 15) is 13.6 Å². The summed E-state index contributed by atoms with van der Waals surface area (Å²) in [5.41, 5.74) is 0.294. The number of benzene rings is 1. The molecule has 3 nitrogen and oxygen atoms in total. The van der Waals surface area contributed by atoms with Crippen LogP contribution < -0.4 is 4.90 Å². The Labute approximate surface area is 97.7 Å². The third-order valence-corrected chi connectivity index (χ3v) is 3.07. The standard InChI is InChI=1S/C12H13F2NO2/c1-15(6-7-4-9(7)12(16)17)11-3-2-8(13)5-10(11)14/h2-3,5,7,9H,4,6H2,1H3,(H,16,17). The van der Waals surface area contributed by atoms with E-state index in [1.54, 1.807) is 11.9 Å². The lowest BCUT2D eigenvalue weighted by atomic mass is 10.2. The number of anilines is 1. The minimum Gasteiger partial charge on any atom is -0.481 e. The Bertz CT molecular complexity index is 450. The second kappa shape index (κ2) is 4.31. The second-order valence-electron chi connectivity index (χ2n) is 4.42. The highest BCUT2D eigenvalue weighted by Crippen LogP contribution is 2.39. The van der Waals surface area contributed by atoms with Gasteiger partial charge in [0.25, 0.3) is 0 Å². The molecule has 1 aliphatic carbocycles. The quantitative estimate of drug-likeness (QED) is 0.877. The van der Waals surface area contributed by atoms with Crippen molar-refractivity contribution in [3.05, 3.63) is 29.8 Å². The molecule has 0 spiro atoms. The molecule has 0 heterocycles. The third-order valence-electron chi connectivity index (χ3n) is 3.07. The van der Waals surface area contributed by atoms with Crippen molar-refractivity contribution >= 4 is 11.7 Å². The normalized spacial score (nSPS) is 22.3. The average Bonchev–Trinajstić information content (AvgIpc) is 2.96. The summed E-state index contributed by atoms with van der Waals surface area (Å²) in [6, 6.07) is 3.38. The van der Waals surface area contributed by atoms with Crippen molar-refractivity contribution in [1.82, 2.24) is 0 Å². The van der Waals surface area contributed by atoms with E-state index in [1.807, 2.05) is 0 Å². The predicted octanol–water partition coefficient (Wildman–Crippen LogP) is 2.12. The molecule has 0 amide bonds. The van der Waals surface area contributed by atoms with Gasteiger partial charge in [-0.3, -0.25) is 4.79 Å². The number of carboxylic acids is 1. The van der Waals surface area contributed by atoms with Crippen molar-refractivity contribution < 1.29 is 18.7 Å². The third kappa shape index (κ3) is 2.54.